The molecule has 308 valence electrons. The van der Waals surface area contributed by atoms with E-state index in [0.29, 0.717) is 16.2 Å². The lowest BCUT2D eigenvalue weighted by Gasteiger charge is -2.38. The summed E-state index contributed by atoms with van der Waals surface area (Å²) in [5, 5.41) is 39.3. The van der Waals surface area contributed by atoms with Gasteiger partial charge >= 0.3 is 12.2 Å². The highest BCUT2D eigenvalue weighted by atomic mass is 28.4. The Labute approximate surface area is 324 Å². The largest absolute Gasteiger partial charge is 0.444 e. The number of aliphatic hydroxyl groups is 3. The van der Waals surface area contributed by atoms with E-state index in [2.05, 4.69) is 16.1 Å². The molecule has 0 aromatic heterocycles. The lowest BCUT2D eigenvalue weighted by atomic mass is 10.1. The zero-order valence-electron chi connectivity index (χ0n) is 33.7. The maximum absolute atomic E-state index is 14.4. The summed E-state index contributed by atoms with van der Waals surface area (Å²) in [5.74, 6) is -2.38. The van der Waals surface area contributed by atoms with Crippen molar-refractivity contribution in [1.82, 2.24) is 21.2 Å². The number of rotatable bonds is 17. The summed E-state index contributed by atoms with van der Waals surface area (Å²) in [6.45, 7) is 18.5. The Bertz CT molecular complexity index is 1530. The number of hydroxylamine groups is 3. The molecule has 17 heteroatoms. The second-order valence-electron chi connectivity index (χ2n) is 16.5. The van der Waals surface area contributed by atoms with Crippen molar-refractivity contribution < 1.29 is 58.1 Å². The summed E-state index contributed by atoms with van der Waals surface area (Å²) in [5.41, 5.74) is 1.32. The molecule has 2 aromatic carbocycles. The Kier molecular flexibility index (Phi) is 17.3. The SMILES string of the molecule is CC(C)(C)OC(=O)NC(C(=O)N(OCc1ccccc1)C(O)C(O)C(NC(=O)OC(C)(C)C)C(=O)NOCc1ccccc1)C(O)CO[Si](C)(C)C(C)(C)C. The van der Waals surface area contributed by atoms with Gasteiger partial charge in [0.05, 0.1) is 13.2 Å². The van der Waals surface area contributed by atoms with E-state index in [0.717, 1.165) is 0 Å². The van der Waals surface area contributed by atoms with Gasteiger partial charge in [-0.2, -0.15) is 5.06 Å². The molecule has 0 radical (unpaired) electrons. The van der Waals surface area contributed by atoms with Gasteiger partial charge < -0.3 is 39.9 Å². The molecule has 0 spiro atoms. The van der Waals surface area contributed by atoms with E-state index in [9.17, 15) is 34.5 Å². The van der Waals surface area contributed by atoms with Crippen LogP contribution in [0.1, 0.15) is 73.4 Å². The number of hydrogen-bond acceptors (Lipinski definition) is 12. The van der Waals surface area contributed by atoms with Gasteiger partial charge in [0.2, 0.25) is 0 Å². The average molecular weight is 793 g/mol. The number of amides is 4. The van der Waals surface area contributed by atoms with Crippen molar-refractivity contribution in [3.8, 4) is 0 Å². The molecule has 0 aliphatic rings. The molecule has 0 saturated carbocycles. The first kappa shape index (κ1) is 47.0. The Morgan fingerprint density at radius 1 is 0.709 bits per heavy atom. The van der Waals surface area contributed by atoms with Gasteiger partial charge in [0.25, 0.3) is 11.8 Å². The van der Waals surface area contributed by atoms with E-state index >= 15 is 0 Å². The maximum atomic E-state index is 14.4. The minimum Gasteiger partial charge on any atom is -0.444 e. The van der Waals surface area contributed by atoms with E-state index in [-0.39, 0.29) is 18.3 Å². The Hall–Kier alpha value is -4.10. The van der Waals surface area contributed by atoms with Crippen LogP contribution in [0.4, 0.5) is 9.59 Å². The van der Waals surface area contributed by atoms with E-state index < -0.39 is 80.6 Å². The molecule has 0 fully saturated rings. The molecule has 0 aliphatic carbocycles. The molecule has 0 aliphatic heterocycles. The fourth-order valence-corrected chi connectivity index (χ4v) is 5.39. The van der Waals surface area contributed by atoms with Crippen molar-refractivity contribution in [3.63, 3.8) is 0 Å². The smallest absolute Gasteiger partial charge is 0.408 e. The lowest BCUT2D eigenvalue weighted by molar-refractivity contribution is -0.262. The zero-order valence-corrected chi connectivity index (χ0v) is 34.7. The van der Waals surface area contributed by atoms with Gasteiger partial charge in [-0.3, -0.25) is 19.3 Å². The van der Waals surface area contributed by atoms with Gasteiger partial charge in [0.1, 0.15) is 42.1 Å². The Morgan fingerprint density at radius 2 is 1.16 bits per heavy atom. The van der Waals surface area contributed by atoms with Crippen LogP contribution in [0.15, 0.2) is 60.7 Å². The highest BCUT2D eigenvalue weighted by Gasteiger charge is 2.45. The molecule has 16 nitrogen and oxygen atoms in total. The van der Waals surface area contributed by atoms with Crippen LogP contribution < -0.4 is 16.1 Å². The van der Waals surface area contributed by atoms with Gasteiger partial charge in [0, 0.05) is 0 Å². The molecule has 2 rings (SSSR count). The van der Waals surface area contributed by atoms with E-state index in [4.69, 9.17) is 23.6 Å². The Morgan fingerprint density at radius 3 is 1.62 bits per heavy atom. The van der Waals surface area contributed by atoms with E-state index in [1.807, 2.05) is 33.9 Å². The number of nitrogens with zero attached hydrogens (tertiary/aromatic N) is 1. The van der Waals surface area contributed by atoms with Crippen molar-refractivity contribution in [2.24, 2.45) is 0 Å². The fourth-order valence-electron chi connectivity index (χ4n) is 4.37. The van der Waals surface area contributed by atoms with Crippen LogP contribution in [0.5, 0.6) is 0 Å². The molecule has 6 N–H and O–H groups in total. The van der Waals surface area contributed by atoms with E-state index in [1.165, 1.54) is 0 Å². The Balaban J connectivity index is 2.54. The number of nitrogens with one attached hydrogen (secondary N) is 3. The predicted octanol–water partition coefficient (Wildman–Crippen LogP) is 4.04. The molecule has 0 saturated heterocycles. The number of benzene rings is 2. The third-order valence-electron chi connectivity index (χ3n) is 8.27. The van der Waals surface area contributed by atoms with Crippen molar-refractivity contribution in [2.75, 3.05) is 6.61 Å². The number of carbonyl (C=O) groups excluding carboxylic acids is 4. The average Bonchev–Trinajstić information content (AvgIpc) is 3.07. The van der Waals surface area contributed by atoms with Crippen LogP contribution in [0, 0.1) is 0 Å². The molecule has 55 heavy (non-hydrogen) atoms. The number of carbonyl (C=O) groups is 4. The molecule has 0 bridgehead atoms. The van der Waals surface area contributed by atoms with Crippen LogP contribution in [-0.2, 0) is 46.4 Å². The van der Waals surface area contributed by atoms with E-state index in [1.54, 1.807) is 102 Å². The standard InChI is InChI=1S/C38H60N4O12Si/c1-36(2,3)53-34(48)39-28(27(43)24-52-55(10,11)38(7,8)9)32(46)42(51-23-26-20-16-13-17-21-26)33(47)30(44)29(40-35(49)54-37(4,5)6)31(45)41-50-22-25-18-14-12-15-19-25/h12-21,27-30,33,43-44,47H,22-24H2,1-11H3,(H,39,48)(H,40,49)(H,41,45). The first-order chi connectivity index (χ1) is 25.3. The third-order valence-corrected chi connectivity index (χ3v) is 12.8. The van der Waals surface area contributed by atoms with Gasteiger partial charge in [-0.1, -0.05) is 81.4 Å². The molecular formula is C38H60N4O12Si. The van der Waals surface area contributed by atoms with Crippen LogP contribution in [-0.4, -0.2) is 101 Å². The number of ether oxygens (including phenoxy) is 2. The fraction of sp³-hybridized carbons (Fsp3) is 0.579. The second kappa shape index (κ2) is 20.2. The van der Waals surface area contributed by atoms with Crippen LogP contribution in [0.2, 0.25) is 18.1 Å². The molecule has 5 atom stereocenters. The molecule has 0 heterocycles. The minimum atomic E-state index is -2.50. The van der Waals surface area contributed by atoms with Gasteiger partial charge in [0.15, 0.2) is 14.5 Å². The quantitative estimate of drug-likeness (QED) is 0.0761. The number of aliphatic hydroxyl groups excluding tert-OH is 3. The normalized spacial score (nSPS) is 15.1. The minimum absolute atomic E-state index is 0.0952. The zero-order chi connectivity index (χ0) is 41.8. The third kappa shape index (κ3) is 16.3. The van der Waals surface area contributed by atoms with Crippen molar-refractivity contribution >= 4 is 32.3 Å². The van der Waals surface area contributed by atoms with Crippen LogP contribution in [0.25, 0.3) is 0 Å². The summed E-state index contributed by atoms with van der Waals surface area (Å²) in [6.07, 6.45) is -8.71. The summed E-state index contributed by atoms with van der Waals surface area (Å²) >= 11 is 0. The van der Waals surface area contributed by atoms with Gasteiger partial charge in [-0.05, 0) is 70.8 Å². The summed E-state index contributed by atoms with van der Waals surface area (Å²) in [4.78, 5) is 65.0. The number of hydrogen-bond donors (Lipinski definition) is 6. The van der Waals surface area contributed by atoms with Crippen LogP contribution in [0.3, 0.4) is 0 Å². The van der Waals surface area contributed by atoms with Gasteiger partial charge in [-0.15, -0.1) is 0 Å². The molecule has 5 unspecified atom stereocenters. The highest BCUT2D eigenvalue weighted by Crippen LogP contribution is 2.36. The van der Waals surface area contributed by atoms with Gasteiger partial charge in [-0.25, -0.2) is 15.1 Å². The van der Waals surface area contributed by atoms with Crippen molar-refractivity contribution in [1.29, 1.82) is 0 Å². The molecule has 4 amide bonds. The summed E-state index contributed by atoms with van der Waals surface area (Å²) in [7, 11) is -2.50. The molecule has 2 aromatic rings. The van der Waals surface area contributed by atoms with Crippen molar-refractivity contribution in [3.05, 3.63) is 71.8 Å². The van der Waals surface area contributed by atoms with Crippen molar-refractivity contribution in [2.45, 2.75) is 135 Å². The first-order valence-corrected chi connectivity index (χ1v) is 20.8. The monoisotopic (exact) mass is 792 g/mol. The summed E-state index contributed by atoms with van der Waals surface area (Å²) in [6, 6.07) is 13.4. The topological polar surface area (TPSA) is 214 Å². The predicted molar refractivity (Wildman–Crippen MR) is 205 cm³/mol. The highest BCUT2D eigenvalue weighted by molar-refractivity contribution is 6.74. The second-order valence-corrected chi connectivity index (χ2v) is 21.3. The van der Waals surface area contributed by atoms with Crippen LogP contribution >= 0.6 is 0 Å². The number of alkyl carbamates (subject to hydrolysis) is 2. The first-order valence-electron chi connectivity index (χ1n) is 17.9. The lowest BCUT2D eigenvalue weighted by Crippen LogP contribution is -2.64. The molecular weight excluding hydrogens is 733 g/mol. The maximum Gasteiger partial charge on any atom is 0.408 e. The summed E-state index contributed by atoms with van der Waals surface area (Å²) < 4.78 is 16.8.